The van der Waals surface area contributed by atoms with E-state index in [9.17, 15) is 14.0 Å². The summed E-state index contributed by atoms with van der Waals surface area (Å²) in [6, 6.07) is 18.7. The Morgan fingerprint density at radius 2 is 1.68 bits per heavy atom. The first-order valence-electron chi connectivity index (χ1n) is 10.3. The summed E-state index contributed by atoms with van der Waals surface area (Å²) in [7, 11) is 0. The number of nitrogens with one attached hydrogen (secondary N) is 1. The van der Waals surface area contributed by atoms with Crippen LogP contribution in [0.1, 0.15) is 30.0 Å². The molecule has 31 heavy (non-hydrogen) atoms. The summed E-state index contributed by atoms with van der Waals surface area (Å²) in [6.45, 7) is 2.28. The van der Waals surface area contributed by atoms with Gasteiger partial charge in [0.2, 0.25) is 11.8 Å². The number of hydrogen-bond donors (Lipinski definition) is 1. The Morgan fingerprint density at radius 1 is 0.968 bits per heavy atom. The Balaban J connectivity index is 1.69. The number of hydrogen-bond acceptors (Lipinski definition) is 3. The number of carbonyl (C=O) groups is 2. The third kappa shape index (κ3) is 6.74. The SMILES string of the molecule is CC(C(=O)NCc1cccnc1)N(Cc1ccc(F)cc1)C(=O)CCc1ccccc1. The molecule has 1 unspecified atom stereocenters. The van der Waals surface area contributed by atoms with Crippen molar-refractivity contribution in [1.29, 1.82) is 0 Å². The minimum Gasteiger partial charge on any atom is -0.350 e. The molecule has 0 spiro atoms. The molecule has 1 aromatic heterocycles. The molecule has 1 atom stereocenters. The summed E-state index contributed by atoms with van der Waals surface area (Å²) < 4.78 is 13.3. The van der Waals surface area contributed by atoms with E-state index in [4.69, 9.17) is 0 Å². The number of carbonyl (C=O) groups excluding carboxylic acids is 2. The molecule has 0 saturated carbocycles. The second kappa shape index (κ2) is 11.0. The maximum absolute atomic E-state index is 13.3. The third-order valence-corrected chi connectivity index (χ3v) is 5.09. The maximum atomic E-state index is 13.3. The second-order valence-corrected chi connectivity index (χ2v) is 7.39. The topological polar surface area (TPSA) is 62.3 Å². The molecule has 160 valence electrons. The standard InChI is InChI=1S/C25H26FN3O2/c1-19(25(31)28-17-22-8-5-15-27-16-22)29(18-21-9-12-23(26)13-10-21)24(30)14-11-20-6-3-2-4-7-20/h2-10,12-13,15-16,19H,11,14,17-18H2,1H3,(H,28,31). The molecular weight excluding hydrogens is 393 g/mol. The van der Waals surface area contributed by atoms with E-state index < -0.39 is 6.04 Å². The Kier molecular flexibility index (Phi) is 7.87. The van der Waals surface area contributed by atoms with E-state index in [0.29, 0.717) is 13.0 Å². The van der Waals surface area contributed by atoms with Gasteiger partial charge in [0.1, 0.15) is 11.9 Å². The molecule has 0 fully saturated rings. The third-order valence-electron chi connectivity index (χ3n) is 5.09. The molecule has 0 aliphatic rings. The van der Waals surface area contributed by atoms with Gasteiger partial charge in [-0.15, -0.1) is 0 Å². The van der Waals surface area contributed by atoms with Crippen LogP contribution in [0.4, 0.5) is 4.39 Å². The van der Waals surface area contributed by atoms with E-state index in [1.54, 1.807) is 42.4 Å². The van der Waals surface area contributed by atoms with Crippen molar-refractivity contribution in [1.82, 2.24) is 15.2 Å². The first-order chi connectivity index (χ1) is 15.0. The average Bonchev–Trinajstić information content (AvgIpc) is 2.81. The summed E-state index contributed by atoms with van der Waals surface area (Å²) >= 11 is 0. The number of rotatable bonds is 9. The van der Waals surface area contributed by atoms with Gasteiger partial charge in [-0.05, 0) is 48.2 Å². The lowest BCUT2D eigenvalue weighted by molar-refractivity contribution is -0.140. The normalized spacial score (nSPS) is 11.5. The van der Waals surface area contributed by atoms with Crippen LogP contribution in [0.3, 0.4) is 0 Å². The van der Waals surface area contributed by atoms with Crippen LogP contribution >= 0.6 is 0 Å². The fourth-order valence-corrected chi connectivity index (χ4v) is 3.25. The highest BCUT2D eigenvalue weighted by Gasteiger charge is 2.25. The van der Waals surface area contributed by atoms with E-state index >= 15 is 0 Å². The summed E-state index contributed by atoms with van der Waals surface area (Å²) in [5.74, 6) is -0.718. The summed E-state index contributed by atoms with van der Waals surface area (Å²) in [4.78, 5) is 31.5. The van der Waals surface area contributed by atoms with Gasteiger partial charge in [-0.1, -0.05) is 48.5 Å². The molecular formula is C25H26FN3O2. The van der Waals surface area contributed by atoms with Crippen molar-refractivity contribution in [2.45, 2.75) is 38.9 Å². The number of nitrogens with zero attached hydrogens (tertiary/aromatic N) is 2. The molecule has 6 heteroatoms. The van der Waals surface area contributed by atoms with Crippen LogP contribution in [-0.2, 0) is 29.1 Å². The van der Waals surface area contributed by atoms with Crippen molar-refractivity contribution in [2.24, 2.45) is 0 Å². The molecule has 1 N–H and O–H groups in total. The van der Waals surface area contributed by atoms with Gasteiger partial charge in [0.25, 0.3) is 0 Å². The van der Waals surface area contributed by atoms with Crippen molar-refractivity contribution < 1.29 is 14.0 Å². The summed E-state index contributed by atoms with van der Waals surface area (Å²) in [5.41, 5.74) is 2.70. The fraction of sp³-hybridized carbons (Fsp3) is 0.240. The Morgan fingerprint density at radius 3 is 2.35 bits per heavy atom. The highest BCUT2D eigenvalue weighted by Crippen LogP contribution is 2.14. The lowest BCUT2D eigenvalue weighted by atomic mass is 10.1. The Hall–Kier alpha value is -3.54. The van der Waals surface area contributed by atoms with E-state index in [-0.39, 0.29) is 30.6 Å². The number of aromatic nitrogens is 1. The molecule has 2 amide bonds. The Labute approximate surface area is 181 Å². The molecule has 0 saturated heterocycles. The van der Waals surface area contributed by atoms with Crippen LogP contribution in [0.5, 0.6) is 0 Å². The van der Waals surface area contributed by atoms with E-state index in [1.807, 2.05) is 36.4 Å². The summed E-state index contributed by atoms with van der Waals surface area (Å²) in [6.07, 6.45) is 4.23. The van der Waals surface area contributed by atoms with Crippen LogP contribution in [0, 0.1) is 5.82 Å². The number of amides is 2. The zero-order valence-corrected chi connectivity index (χ0v) is 17.5. The molecule has 0 bridgehead atoms. The van der Waals surface area contributed by atoms with Crippen molar-refractivity contribution >= 4 is 11.8 Å². The molecule has 2 aromatic carbocycles. The molecule has 3 rings (SSSR count). The van der Waals surface area contributed by atoms with Crippen LogP contribution in [0.15, 0.2) is 79.1 Å². The zero-order chi connectivity index (χ0) is 22.1. The van der Waals surface area contributed by atoms with Crippen LogP contribution in [0.25, 0.3) is 0 Å². The van der Waals surface area contributed by atoms with Crippen LogP contribution < -0.4 is 5.32 Å². The maximum Gasteiger partial charge on any atom is 0.242 e. The lowest BCUT2D eigenvalue weighted by Gasteiger charge is -2.29. The molecule has 1 heterocycles. The lowest BCUT2D eigenvalue weighted by Crippen LogP contribution is -2.47. The number of aryl methyl sites for hydroxylation is 1. The molecule has 0 radical (unpaired) electrons. The first kappa shape index (κ1) is 22.2. The van der Waals surface area contributed by atoms with Gasteiger partial charge in [0, 0.05) is 31.9 Å². The highest BCUT2D eigenvalue weighted by molar-refractivity contribution is 5.87. The van der Waals surface area contributed by atoms with Gasteiger partial charge >= 0.3 is 0 Å². The monoisotopic (exact) mass is 419 g/mol. The first-order valence-corrected chi connectivity index (χ1v) is 10.3. The smallest absolute Gasteiger partial charge is 0.242 e. The summed E-state index contributed by atoms with van der Waals surface area (Å²) in [5, 5.41) is 2.87. The largest absolute Gasteiger partial charge is 0.350 e. The minimum atomic E-state index is -0.676. The van der Waals surface area contributed by atoms with Gasteiger partial charge in [-0.25, -0.2) is 4.39 Å². The van der Waals surface area contributed by atoms with Gasteiger partial charge in [0.15, 0.2) is 0 Å². The van der Waals surface area contributed by atoms with Crippen molar-refractivity contribution in [2.75, 3.05) is 0 Å². The number of pyridine rings is 1. The van der Waals surface area contributed by atoms with E-state index in [1.165, 1.54) is 12.1 Å². The van der Waals surface area contributed by atoms with Gasteiger partial charge in [-0.3, -0.25) is 14.6 Å². The molecule has 0 aliphatic heterocycles. The van der Waals surface area contributed by atoms with Crippen molar-refractivity contribution in [3.05, 3.63) is 102 Å². The van der Waals surface area contributed by atoms with Gasteiger partial charge < -0.3 is 10.2 Å². The van der Waals surface area contributed by atoms with E-state index in [0.717, 1.165) is 16.7 Å². The highest BCUT2D eigenvalue weighted by atomic mass is 19.1. The van der Waals surface area contributed by atoms with Crippen molar-refractivity contribution in [3.63, 3.8) is 0 Å². The fourth-order valence-electron chi connectivity index (χ4n) is 3.25. The number of halogens is 1. The van der Waals surface area contributed by atoms with Gasteiger partial charge in [0.05, 0.1) is 0 Å². The molecule has 5 nitrogen and oxygen atoms in total. The predicted octanol–water partition coefficient (Wildman–Crippen LogP) is 3.89. The molecule has 3 aromatic rings. The van der Waals surface area contributed by atoms with Crippen LogP contribution in [-0.4, -0.2) is 27.7 Å². The second-order valence-electron chi connectivity index (χ2n) is 7.39. The predicted molar refractivity (Wildman–Crippen MR) is 117 cm³/mol. The van der Waals surface area contributed by atoms with Crippen molar-refractivity contribution in [3.8, 4) is 0 Å². The van der Waals surface area contributed by atoms with Crippen LogP contribution in [0.2, 0.25) is 0 Å². The average molecular weight is 420 g/mol. The molecule has 0 aliphatic carbocycles. The quantitative estimate of drug-likeness (QED) is 0.572. The van der Waals surface area contributed by atoms with Gasteiger partial charge in [-0.2, -0.15) is 0 Å². The number of benzene rings is 2. The minimum absolute atomic E-state index is 0.128. The van der Waals surface area contributed by atoms with E-state index in [2.05, 4.69) is 10.3 Å². The zero-order valence-electron chi connectivity index (χ0n) is 17.5. The Bertz CT molecular complexity index is 979.